The molecule has 0 radical (unpaired) electrons. The molecule has 2 aromatic rings. The van der Waals surface area contributed by atoms with Gasteiger partial charge in [-0.05, 0) is 25.1 Å². The molecular formula is C18H22N4O2. The van der Waals surface area contributed by atoms with Crippen molar-refractivity contribution in [3.63, 3.8) is 0 Å². The summed E-state index contributed by atoms with van der Waals surface area (Å²) in [5, 5.41) is 5.81. The van der Waals surface area contributed by atoms with Gasteiger partial charge in [0.1, 0.15) is 18.2 Å². The van der Waals surface area contributed by atoms with E-state index >= 15 is 0 Å². The quantitative estimate of drug-likeness (QED) is 0.905. The molecule has 1 aliphatic rings. The highest BCUT2D eigenvalue weighted by Crippen LogP contribution is 2.32. The average molecular weight is 326 g/mol. The number of amides is 2. The summed E-state index contributed by atoms with van der Waals surface area (Å²) in [4.78, 5) is 18.6. The molecule has 0 saturated carbocycles. The van der Waals surface area contributed by atoms with E-state index in [2.05, 4.69) is 21.7 Å². The van der Waals surface area contributed by atoms with Gasteiger partial charge >= 0.3 is 6.03 Å². The Balaban J connectivity index is 1.58. The van der Waals surface area contributed by atoms with Crippen LogP contribution in [0, 0.1) is 6.92 Å². The molecule has 2 N–H and O–H groups in total. The molecule has 0 saturated heterocycles. The van der Waals surface area contributed by atoms with Crippen LogP contribution in [0.15, 0.2) is 36.4 Å². The first-order valence-corrected chi connectivity index (χ1v) is 7.94. The number of urea groups is 1. The third kappa shape index (κ3) is 3.59. The molecule has 0 spiro atoms. The summed E-state index contributed by atoms with van der Waals surface area (Å²) < 4.78 is 5.61. The number of ether oxygens (including phenoxy) is 1. The Labute approximate surface area is 141 Å². The van der Waals surface area contributed by atoms with Crippen LogP contribution < -0.4 is 20.3 Å². The predicted molar refractivity (Wildman–Crippen MR) is 93.4 cm³/mol. The van der Waals surface area contributed by atoms with Gasteiger partial charge in [0, 0.05) is 19.7 Å². The van der Waals surface area contributed by atoms with E-state index in [1.807, 2.05) is 56.3 Å². The third-order valence-electron chi connectivity index (χ3n) is 3.93. The maximum absolute atomic E-state index is 12.2. The first-order valence-electron chi connectivity index (χ1n) is 7.94. The van der Waals surface area contributed by atoms with Crippen LogP contribution in [0.4, 0.5) is 10.6 Å². The first-order chi connectivity index (χ1) is 11.5. The van der Waals surface area contributed by atoms with E-state index in [-0.39, 0.29) is 12.1 Å². The second kappa shape index (κ2) is 6.78. The Hall–Kier alpha value is -2.76. The van der Waals surface area contributed by atoms with E-state index in [9.17, 15) is 4.79 Å². The van der Waals surface area contributed by atoms with Crippen molar-refractivity contribution in [1.82, 2.24) is 15.6 Å². The molecule has 24 heavy (non-hydrogen) atoms. The minimum Gasteiger partial charge on any atom is -0.491 e. The van der Waals surface area contributed by atoms with E-state index in [4.69, 9.17) is 4.74 Å². The van der Waals surface area contributed by atoms with Gasteiger partial charge in [0.25, 0.3) is 0 Å². The van der Waals surface area contributed by atoms with Crippen LogP contribution in [0.25, 0.3) is 0 Å². The van der Waals surface area contributed by atoms with Gasteiger partial charge in [0.15, 0.2) is 0 Å². The number of carbonyl (C=O) groups excluding carboxylic acids is 1. The molecule has 3 rings (SSSR count). The van der Waals surface area contributed by atoms with Gasteiger partial charge in [0.05, 0.1) is 18.3 Å². The molecule has 2 heterocycles. The molecule has 0 unspecified atom stereocenters. The highest BCUT2D eigenvalue weighted by molar-refractivity contribution is 5.74. The zero-order chi connectivity index (χ0) is 17.1. The summed E-state index contributed by atoms with van der Waals surface area (Å²) in [6, 6.07) is 11.4. The highest BCUT2D eigenvalue weighted by Gasteiger charge is 2.25. The van der Waals surface area contributed by atoms with Crippen LogP contribution in [-0.4, -0.2) is 31.7 Å². The Kier molecular flexibility index (Phi) is 4.55. The Morgan fingerprint density at radius 3 is 2.96 bits per heavy atom. The van der Waals surface area contributed by atoms with E-state index < -0.39 is 0 Å². The summed E-state index contributed by atoms with van der Waals surface area (Å²) in [6.07, 6.45) is 0. The molecule has 126 valence electrons. The van der Waals surface area contributed by atoms with E-state index in [0.717, 1.165) is 28.4 Å². The molecule has 1 atom stereocenters. The van der Waals surface area contributed by atoms with Gasteiger partial charge in [-0.15, -0.1) is 0 Å². The van der Waals surface area contributed by atoms with E-state index in [1.54, 1.807) is 0 Å². The van der Waals surface area contributed by atoms with Crippen molar-refractivity contribution in [2.24, 2.45) is 0 Å². The summed E-state index contributed by atoms with van der Waals surface area (Å²) in [5.41, 5.74) is 2.99. The standard InChI is InChI=1S/C18H22N4O2/c1-12-7-8-16-14(9-12)15(11-24-16)21-18(23)19-10-13-5-4-6-17(20-13)22(2)3/h4-9,15H,10-11H2,1-3H3,(H2,19,21,23)/t15-/m1/s1. The average Bonchev–Trinajstić information content (AvgIpc) is 2.95. The van der Waals surface area contributed by atoms with Crippen LogP contribution >= 0.6 is 0 Å². The van der Waals surface area contributed by atoms with Crippen LogP contribution in [0.1, 0.15) is 22.9 Å². The van der Waals surface area contributed by atoms with E-state index in [1.165, 1.54) is 0 Å². The lowest BCUT2D eigenvalue weighted by atomic mass is 10.1. The zero-order valence-corrected chi connectivity index (χ0v) is 14.2. The van der Waals surface area contributed by atoms with Crippen molar-refractivity contribution in [1.29, 1.82) is 0 Å². The number of anilines is 1. The number of hydrogen-bond acceptors (Lipinski definition) is 4. The number of pyridine rings is 1. The van der Waals surface area contributed by atoms with Gasteiger partial charge in [-0.25, -0.2) is 9.78 Å². The topological polar surface area (TPSA) is 66.5 Å². The van der Waals surface area contributed by atoms with Crippen molar-refractivity contribution in [2.75, 3.05) is 25.6 Å². The number of nitrogens with zero attached hydrogens (tertiary/aromatic N) is 2. The summed E-state index contributed by atoms with van der Waals surface area (Å²) in [6.45, 7) is 2.86. The second-order valence-electron chi connectivity index (χ2n) is 6.11. The molecule has 0 bridgehead atoms. The van der Waals surface area contributed by atoms with Crippen molar-refractivity contribution in [3.8, 4) is 5.75 Å². The molecule has 0 aliphatic carbocycles. The first kappa shape index (κ1) is 16.1. The minimum atomic E-state index is -0.227. The third-order valence-corrected chi connectivity index (χ3v) is 3.93. The van der Waals surface area contributed by atoms with Gasteiger partial charge < -0.3 is 20.3 Å². The fourth-order valence-corrected chi connectivity index (χ4v) is 2.65. The molecular weight excluding hydrogens is 304 g/mol. The highest BCUT2D eigenvalue weighted by atomic mass is 16.5. The maximum atomic E-state index is 12.2. The number of aromatic nitrogens is 1. The summed E-state index contributed by atoms with van der Waals surface area (Å²) >= 11 is 0. The van der Waals surface area contributed by atoms with Crippen LogP contribution in [-0.2, 0) is 6.54 Å². The largest absolute Gasteiger partial charge is 0.491 e. The molecule has 1 aromatic heterocycles. The van der Waals surface area contributed by atoms with Gasteiger partial charge in [-0.1, -0.05) is 23.8 Å². The molecule has 6 nitrogen and oxygen atoms in total. The summed E-state index contributed by atoms with van der Waals surface area (Å²) in [5.74, 6) is 1.70. The van der Waals surface area contributed by atoms with Crippen molar-refractivity contribution >= 4 is 11.8 Å². The molecule has 2 amide bonds. The van der Waals surface area contributed by atoms with E-state index in [0.29, 0.717) is 13.2 Å². The Morgan fingerprint density at radius 2 is 2.17 bits per heavy atom. The van der Waals surface area contributed by atoms with Crippen LogP contribution in [0.2, 0.25) is 0 Å². The lowest BCUT2D eigenvalue weighted by Gasteiger charge is -2.14. The van der Waals surface area contributed by atoms with Gasteiger partial charge in [-0.3, -0.25) is 0 Å². The molecule has 1 aromatic carbocycles. The van der Waals surface area contributed by atoms with Crippen LogP contribution in [0.5, 0.6) is 5.75 Å². The summed E-state index contributed by atoms with van der Waals surface area (Å²) in [7, 11) is 3.87. The number of hydrogen-bond donors (Lipinski definition) is 2. The number of nitrogens with one attached hydrogen (secondary N) is 2. The number of aryl methyl sites for hydroxylation is 1. The normalized spacial score (nSPS) is 15.4. The lowest BCUT2D eigenvalue weighted by molar-refractivity contribution is 0.231. The molecule has 0 fully saturated rings. The smallest absolute Gasteiger partial charge is 0.315 e. The predicted octanol–water partition coefficient (Wildman–Crippen LogP) is 2.39. The minimum absolute atomic E-state index is 0.124. The molecule has 1 aliphatic heterocycles. The Morgan fingerprint density at radius 1 is 1.33 bits per heavy atom. The monoisotopic (exact) mass is 326 g/mol. The second-order valence-corrected chi connectivity index (χ2v) is 6.11. The lowest BCUT2D eigenvalue weighted by Crippen LogP contribution is -2.38. The van der Waals surface area contributed by atoms with Crippen molar-refractivity contribution in [3.05, 3.63) is 53.2 Å². The van der Waals surface area contributed by atoms with Crippen molar-refractivity contribution in [2.45, 2.75) is 19.5 Å². The Bertz CT molecular complexity index is 746. The maximum Gasteiger partial charge on any atom is 0.315 e. The van der Waals surface area contributed by atoms with Crippen molar-refractivity contribution < 1.29 is 9.53 Å². The number of benzene rings is 1. The van der Waals surface area contributed by atoms with Gasteiger partial charge in [0.2, 0.25) is 0 Å². The fraction of sp³-hybridized carbons (Fsp3) is 0.333. The zero-order valence-electron chi connectivity index (χ0n) is 14.2. The number of carbonyl (C=O) groups is 1. The number of rotatable bonds is 4. The number of fused-ring (bicyclic) bond motifs is 1. The SMILES string of the molecule is Cc1ccc2c(c1)[C@H](NC(=O)NCc1cccc(N(C)C)n1)CO2. The fourth-order valence-electron chi connectivity index (χ4n) is 2.65. The van der Waals surface area contributed by atoms with Gasteiger partial charge in [-0.2, -0.15) is 0 Å². The van der Waals surface area contributed by atoms with Crippen LogP contribution in [0.3, 0.4) is 0 Å². The molecule has 6 heteroatoms.